The van der Waals surface area contributed by atoms with Crippen molar-refractivity contribution in [2.45, 2.75) is 99.3 Å². The van der Waals surface area contributed by atoms with Crippen molar-refractivity contribution in [2.24, 2.45) is 0 Å². The summed E-state index contributed by atoms with van der Waals surface area (Å²) in [6, 6.07) is 47.4. The fourth-order valence-corrected chi connectivity index (χ4v) is 8.54. The Balaban J connectivity index is 0.000000898. The largest absolute Gasteiger partial charge is 0.416 e. The number of nitrogens with zero attached hydrogens (tertiary/aromatic N) is 4. The van der Waals surface area contributed by atoms with Crippen LogP contribution in [0.1, 0.15) is 116 Å². The molecule has 6 aromatic carbocycles. The summed E-state index contributed by atoms with van der Waals surface area (Å²) in [7, 11) is 0. The lowest BCUT2D eigenvalue weighted by atomic mass is 9.70. The standard InChI is InChI=1S/C49H40N4O2.3C2H6/c1-47(2,3)33-21-15-29(16-22-33)43-50-52-45(54-43)31-19-25-37-35-11-7-9-13-39(35)49(41(37)27-31)40-14-10-8-12-36(40)38-26-20-32(28-42(38)49)46-53-51-44(55-46)30-17-23-34(24-18-30)48(4,5)6;3*1-2/h7-28H,1-6H3;3*1-2H3. The molecule has 1 spiro atoms. The van der Waals surface area contributed by atoms with Crippen LogP contribution in [0.3, 0.4) is 0 Å². The first kappa shape index (κ1) is 42.7. The van der Waals surface area contributed by atoms with E-state index >= 15 is 0 Å². The van der Waals surface area contributed by atoms with Crippen LogP contribution in [-0.2, 0) is 16.2 Å². The lowest BCUT2D eigenvalue weighted by molar-refractivity contribution is 0.581. The zero-order valence-corrected chi connectivity index (χ0v) is 37.8. The topological polar surface area (TPSA) is 77.8 Å². The maximum Gasteiger partial charge on any atom is 0.248 e. The van der Waals surface area contributed by atoms with E-state index in [0.29, 0.717) is 23.6 Å². The molecule has 0 radical (unpaired) electrons. The Morgan fingerprint density at radius 2 is 0.639 bits per heavy atom. The van der Waals surface area contributed by atoms with Crippen molar-refractivity contribution < 1.29 is 8.83 Å². The molecule has 2 aliphatic rings. The minimum Gasteiger partial charge on any atom is -0.416 e. The number of aromatic nitrogens is 4. The smallest absolute Gasteiger partial charge is 0.248 e. The molecule has 0 amide bonds. The van der Waals surface area contributed by atoms with Gasteiger partial charge in [0.2, 0.25) is 23.6 Å². The highest BCUT2D eigenvalue weighted by Crippen LogP contribution is 2.63. The van der Waals surface area contributed by atoms with E-state index in [1.54, 1.807) is 0 Å². The van der Waals surface area contributed by atoms with E-state index in [0.717, 1.165) is 22.3 Å². The molecule has 61 heavy (non-hydrogen) atoms. The van der Waals surface area contributed by atoms with Crippen LogP contribution in [0.4, 0.5) is 0 Å². The summed E-state index contributed by atoms with van der Waals surface area (Å²) in [4.78, 5) is 0. The van der Waals surface area contributed by atoms with Gasteiger partial charge in [0, 0.05) is 22.3 Å². The number of hydrogen-bond acceptors (Lipinski definition) is 6. The number of fused-ring (bicyclic) bond motifs is 10. The van der Waals surface area contributed by atoms with Crippen molar-refractivity contribution in [3.63, 3.8) is 0 Å². The van der Waals surface area contributed by atoms with Gasteiger partial charge in [-0.05, 0) is 115 Å². The zero-order chi connectivity index (χ0) is 43.7. The van der Waals surface area contributed by atoms with E-state index in [1.165, 1.54) is 55.6 Å². The highest BCUT2D eigenvalue weighted by molar-refractivity contribution is 5.96. The third-order valence-electron chi connectivity index (χ3n) is 11.4. The molecule has 0 N–H and O–H groups in total. The zero-order valence-electron chi connectivity index (χ0n) is 37.8. The van der Waals surface area contributed by atoms with Crippen molar-refractivity contribution in [3.8, 4) is 68.1 Å². The molecular formula is C55H58N4O2. The summed E-state index contributed by atoms with van der Waals surface area (Å²) >= 11 is 0. The van der Waals surface area contributed by atoms with Crippen LogP contribution in [-0.4, -0.2) is 20.4 Å². The molecule has 0 saturated heterocycles. The van der Waals surface area contributed by atoms with Gasteiger partial charge in [-0.3, -0.25) is 0 Å². The molecule has 2 aliphatic carbocycles. The third kappa shape index (κ3) is 7.32. The first-order valence-corrected chi connectivity index (χ1v) is 21.9. The SMILES string of the molecule is CC.CC.CC.CC(C)(C)c1ccc(-c2nnc(-c3ccc4c(c3)C3(c5ccccc5-4)c4ccccc4-c4ccc(-c5nnc(-c6ccc(C(C)(C)C)cc6)o5)cc43)o2)cc1. The van der Waals surface area contributed by atoms with Gasteiger partial charge < -0.3 is 8.83 Å². The Hall–Kier alpha value is -6.40. The molecule has 310 valence electrons. The van der Waals surface area contributed by atoms with E-state index in [9.17, 15) is 0 Å². The van der Waals surface area contributed by atoms with Gasteiger partial charge in [-0.1, -0.05) is 168 Å². The number of benzene rings is 6. The van der Waals surface area contributed by atoms with E-state index in [4.69, 9.17) is 8.83 Å². The van der Waals surface area contributed by atoms with Crippen molar-refractivity contribution in [1.82, 2.24) is 20.4 Å². The molecule has 0 saturated carbocycles. The highest BCUT2D eigenvalue weighted by atomic mass is 16.4. The van der Waals surface area contributed by atoms with Crippen molar-refractivity contribution in [1.29, 1.82) is 0 Å². The predicted octanol–water partition coefficient (Wildman–Crippen LogP) is 15.1. The van der Waals surface area contributed by atoms with Gasteiger partial charge in [0.05, 0.1) is 5.41 Å². The van der Waals surface area contributed by atoms with E-state index in [-0.39, 0.29) is 10.8 Å². The van der Waals surface area contributed by atoms with Gasteiger partial charge in [-0.2, -0.15) is 0 Å². The van der Waals surface area contributed by atoms with E-state index < -0.39 is 5.41 Å². The van der Waals surface area contributed by atoms with Crippen molar-refractivity contribution in [2.75, 3.05) is 0 Å². The molecule has 2 aromatic heterocycles. The molecule has 0 aliphatic heterocycles. The molecule has 0 atom stereocenters. The van der Waals surface area contributed by atoms with Crippen molar-refractivity contribution in [3.05, 3.63) is 167 Å². The highest BCUT2D eigenvalue weighted by Gasteiger charge is 2.52. The first-order valence-electron chi connectivity index (χ1n) is 21.9. The van der Waals surface area contributed by atoms with Gasteiger partial charge in [0.15, 0.2) is 0 Å². The molecule has 0 unspecified atom stereocenters. The fourth-order valence-electron chi connectivity index (χ4n) is 8.54. The second-order valence-electron chi connectivity index (χ2n) is 16.8. The van der Waals surface area contributed by atoms with Crippen LogP contribution < -0.4 is 0 Å². The maximum atomic E-state index is 6.40. The van der Waals surface area contributed by atoms with Gasteiger partial charge in [0.25, 0.3) is 0 Å². The summed E-state index contributed by atoms with van der Waals surface area (Å²) in [5, 5.41) is 18.1. The average Bonchev–Trinajstić information content (AvgIpc) is 4.10. The Morgan fingerprint density at radius 3 is 0.984 bits per heavy atom. The summed E-state index contributed by atoms with van der Waals surface area (Å²) in [6.45, 7) is 25.3. The van der Waals surface area contributed by atoms with Crippen LogP contribution in [0.15, 0.2) is 142 Å². The van der Waals surface area contributed by atoms with E-state index in [2.05, 4.69) is 195 Å². The van der Waals surface area contributed by atoms with Gasteiger partial charge >= 0.3 is 0 Å². The second kappa shape index (κ2) is 16.9. The number of hydrogen-bond donors (Lipinski definition) is 0. The summed E-state index contributed by atoms with van der Waals surface area (Å²) in [5.41, 5.74) is 15.2. The summed E-state index contributed by atoms with van der Waals surface area (Å²) in [6.07, 6.45) is 0. The van der Waals surface area contributed by atoms with Crippen LogP contribution in [0.5, 0.6) is 0 Å². The van der Waals surface area contributed by atoms with Crippen molar-refractivity contribution >= 4 is 0 Å². The molecule has 0 fully saturated rings. The average molecular weight is 807 g/mol. The lowest BCUT2D eigenvalue weighted by Crippen LogP contribution is -2.26. The summed E-state index contributed by atoms with van der Waals surface area (Å²) < 4.78 is 12.8. The molecule has 10 rings (SSSR count). The molecule has 6 heteroatoms. The van der Waals surface area contributed by atoms with E-state index in [1.807, 2.05) is 41.5 Å². The van der Waals surface area contributed by atoms with Crippen LogP contribution in [0.25, 0.3) is 68.1 Å². The van der Waals surface area contributed by atoms with Crippen LogP contribution >= 0.6 is 0 Å². The number of rotatable bonds is 4. The fraction of sp³-hybridized carbons (Fsp3) is 0.273. The quantitative estimate of drug-likeness (QED) is 0.176. The van der Waals surface area contributed by atoms with Crippen LogP contribution in [0.2, 0.25) is 0 Å². The Kier molecular flexibility index (Phi) is 11.9. The normalized spacial score (nSPS) is 12.7. The predicted molar refractivity (Wildman–Crippen MR) is 252 cm³/mol. The minimum absolute atomic E-state index is 0.0575. The monoisotopic (exact) mass is 806 g/mol. The lowest BCUT2D eigenvalue weighted by Gasteiger charge is -2.30. The second-order valence-corrected chi connectivity index (χ2v) is 16.8. The molecule has 8 aromatic rings. The minimum atomic E-state index is -0.596. The van der Waals surface area contributed by atoms with Crippen LogP contribution in [0, 0.1) is 0 Å². The Labute approximate surface area is 362 Å². The molecular weight excluding hydrogens is 749 g/mol. The first-order chi connectivity index (χ1) is 29.5. The molecule has 0 bridgehead atoms. The van der Waals surface area contributed by atoms with Gasteiger partial charge in [0.1, 0.15) is 0 Å². The Bertz CT molecular complexity index is 2580. The van der Waals surface area contributed by atoms with Gasteiger partial charge in [-0.25, -0.2) is 0 Å². The molecule has 2 heterocycles. The Morgan fingerprint density at radius 1 is 0.344 bits per heavy atom. The molecule has 6 nitrogen and oxygen atoms in total. The maximum absolute atomic E-state index is 6.40. The summed E-state index contributed by atoms with van der Waals surface area (Å²) in [5.74, 6) is 1.97. The third-order valence-corrected chi connectivity index (χ3v) is 11.4. The van der Waals surface area contributed by atoms with Gasteiger partial charge in [-0.15, -0.1) is 20.4 Å².